The number of nitrogens with one attached hydrogen (secondary N) is 2. The maximum absolute atomic E-state index is 14.1. The van der Waals surface area contributed by atoms with Gasteiger partial charge in [-0.1, -0.05) is 76.8 Å². The maximum atomic E-state index is 14.1. The van der Waals surface area contributed by atoms with Crippen LogP contribution >= 0.6 is 0 Å². The van der Waals surface area contributed by atoms with Gasteiger partial charge in [0.05, 0.1) is 0 Å². The van der Waals surface area contributed by atoms with Crippen LogP contribution in [0.1, 0.15) is 111 Å². The molecule has 0 fully saturated rings. The zero-order valence-electron chi connectivity index (χ0n) is 24.6. The molecule has 0 bridgehead atoms. The smallest absolute Gasteiger partial charge is 0.408 e. The van der Waals surface area contributed by atoms with E-state index in [0.29, 0.717) is 13.0 Å². The molecule has 0 aliphatic heterocycles. The number of hydrogen-bond donors (Lipinski definition) is 2. The minimum atomic E-state index is -0.801. The predicted octanol–water partition coefficient (Wildman–Crippen LogP) is 6.30. The lowest BCUT2D eigenvalue weighted by Crippen LogP contribution is -2.54. The van der Waals surface area contributed by atoms with Gasteiger partial charge in [-0.3, -0.25) is 9.59 Å². The molecule has 0 radical (unpaired) electrons. The number of carbonyl (C=O) groups excluding carboxylic acids is 3. The molecule has 210 valence electrons. The Morgan fingerprint density at radius 3 is 2.08 bits per heavy atom. The molecule has 1 aromatic rings. The second kappa shape index (κ2) is 15.6. The fourth-order valence-corrected chi connectivity index (χ4v) is 4.29. The first-order valence-corrected chi connectivity index (χ1v) is 14.0. The zero-order chi connectivity index (χ0) is 28.2. The molecular weight excluding hydrogens is 466 g/mol. The standard InChI is InChI=1S/C30H51N3O4/c1-10-12-13-19-33(28(35)25(20-21(3)4)32-29(36)37-30(7,8)9)26(24-17-15-22(5)16-18-24)27(34)31-23(6)14-11-2/h15-18,21,23,25-26H,10-14,19-20H2,1-9H3,(H,31,34)(H,32,36). The summed E-state index contributed by atoms with van der Waals surface area (Å²) in [6.07, 6.45) is 4.31. The number of rotatable bonds is 14. The summed E-state index contributed by atoms with van der Waals surface area (Å²) in [5, 5.41) is 5.93. The third-order valence-electron chi connectivity index (χ3n) is 6.05. The summed E-state index contributed by atoms with van der Waals surface area (Å²) < 4.78 is 5.46. The Morgan fingerprint density at radius 1 is 0.946 bits per heavy atom. The van der Waals surface area contributed by atoms with Gasteiger partial charge in [-0.05, 0) is 65.4 Å². The third-order valence-corrected chi connectivity index (χ3v) is 6.05. The summed E-state index contributed by atoms with van der Waals surface area (Å²) in [7, 11) is 0. The van der Waals surface area contributed by atoms with Gasteiger partial charge in [0.1, 0.15) is 17.7 Å². The van der Waals surface area contributed by atoms with E-state index in [1.165, 1.54) is 0 Å². The van der Waals surface area contributed by atoms with Crippen molar-refractivity contribution in [2.45, 2.75) is 125 Å². The molecule has 1 rings (SSSR count). The molecule has 3 atom stereocenters. The van der Waals surface area contributed by atoms with Crippen molar-refractivity contribution < 1.29 is 19.1 Å². The first kappa shape index (κ1) is 32.5. The molecule has 0 aliphatic carbocycles. The van der Waals surface area contributed by atoms with E-state index in [-0.39, 0.29) is 23.8 Å². The van der Waals surface area contributed by atoms with E-state index in [9.17, 15) is 14.4 Å². The molecule has 0 saturated carbocycles. The molecule has 0 saturated heterocycles. The molecule has 37 heavy (non-hydrogen) atoms. The maximum Gasteiger partial charge on any atom is 0.408 e. The summed E-state index contributed by atoms with van der Waals surface area (Å²) >= 11 is 0. The molecule has 0 spiro atoms. The zero-order valence-corrected chi connectivity index (χ0v) is 24.6. The molecule has 0 heterocycles. The van der Waals surface area contributed by atoms with Gasteiger partial charge in [0.2, 0.25) is 11.8 Å². The lowest BCUT2D eigenvalue weighted by molar-refractivity contribution is -0.143. The van der Waals surface area contributed by atoms with Crippen molar-refractivity contribution in [1.29, 1.82) is 0 Å². The number of ether oxygens (including phenoxy) is 1. The van der Waals surface area contributed by atoms with Crippen molar-refractivity contribution >= 4 is 17.9 Å². The fourth-order valence-electron chi connectivity index (χ4n) is 4.29. The first-order valence-electron chi connectivity index (χ1n) is 14.0. The molecule has 7 nitrogen and oxygen atoms in total. The number of hydrogen-bond acceptors (Lipinski definition) is 4. The SMILES string of the molecule is CCCCCN(C(=O)C(CC(C)C)NC(=O)OC(C)(C)C)C(C(=O)NC(C)CCC)c1ccc(C)cc1. The third kappa shape index (κ3) is 12.0. The van der Waals surface area contributed by atoms with Gasteiger partial charge < -0.3 is 20.3 Å². The van der Waals surface area contributed by atoms with Crippen LogP contribution in [0.15, 0.2) is 24.3 Å². The Morgan fingerprint density at radius 2 is 1.57 bits per heavy atom. The largest absolute Gasteiger partial charge is 0.444 e. The van der Waals surface area contributed by atoms with E-state index in [2.05, 4.69) is 24.5 Å². The second-order valence-electron chi connectivity index (χ2n) is 11.6. The number of aryl methyl sites for hydroxylation is 1. The molecule has 0 aliphatic rings. The Kier molecular flexibility index (Phi) is 13.7. The van der Waals surface area contributed by atoms with E-state index in [1.807, 2.05) is 52.0 Å². The molecule has 3 amide bonds. The molecule has 2 N–H and O–H groups in total. The van der Waals surface area contributed by atoms with Gasteiger partial charge in [0.15, 0.2) is 0 Å². The van der Waals surface area contributed by atoms with Gasteiger partial charge in [-0.2, -0.15) is 0 Å². The number of nitrogens with zero attached hydrogens (tertiary/aromatic N) is 1. The Balaban J connectivity index is 3.47. The van der Waals surface area contributed by atoms with Crippen LogP contribution in [-0.2, 0) is 14.3 Å². The summed E-state index contributed by atoms with van der Waals surface area (Å²) in [4.78, 5) is 42.2. The highest BCUT2D eigenvalue weighted by atomic mass is 16.6. The highest BCUT2D eigenvalue weighted by Gasteiger charge is 2.36. The average Bonchev–Trinajstić information content (AvgIpc) is 2.77. The number of alkyl carbamates (subject to hydrolysis) is 1. The van der Waals surface area contributed by atoms with Crippen LogP contribution in [0.4, 0.5) is 4.79 Å². The van der Waals surface area contributed by atoms with E-state index in [0.717, 1.165) is 43.2 Å². The van der Waals surface area contributed by atoms with E-state index < -0.39 is 23.8 Å². The predicted molar refractivity (Wildman–Crippen MR) is 150 cm³/mol. The van der Waals surface area contributed by atoms with Gasteiger partial charge in [0, 0.05) is 12.6 Å². The van der Waals surface area contributed by atoms with Crippen LogP contribution in [0.25, 0.3) is 0 Å². The van der Waals surface area contributed by atoms with Crippen LogP contribution in [-0.4, -0.2) is 47.0 Å². The second-order valence-corrected chi connectivity index (χ2v) is 11.6. The number of amides is 3. The quantitative estimate of drug-likeness (QED) is 0.284. The minimum absolute atomic E-state index is 0.00982. The van der Waals surface area contributed by atoms with Crippen LogP contribution in [0.3, 0.4) is 0 Å². The lowest BCUT2D eigenvalue weighted by atomic mass is 9.98. The summed E-state index contributed by atoms with van der Waals surface area (Å²) in [5.74, 6) is -0.313. The average molecular weight is 518 g/mol. The van der Waals surface area contributed by atoms with Crippen molar-refractivity contribution in [3.05, 3.63) is 35.4 Å². The monoisotopic (exact) mass is 517 g/mol. The normalized spacial score (nSPS) is 14.0. The van der Waals surface area contributed by atoms with Crippen molar-refractivity contribution in [1.82, 2.24) is 15.5 Å². The Labute approximate surface area is 225 Å². The Bertz CT molecular complexity index is 845. The highest BCUT2D eigenvalue weighted by molar-refractivity contribution is 5.92. The van der Waals surface area contributed by atoms with Gasteiger partial charge in [0.25, 0.3) is 0 Å². The van der Waals surface area contributed by atoms with E-state index in [4.69, 9.17) is 4.74 Å². The van der Waals surface area contributed by atoms with Crippen molar-refractivity contribution in [2.75, 3.05) is 6.54 Å². The molecule has 0 aromatic heterocycles. The van der Waals surface area contributed by atoms with Crippen molar-refractivity contribution in [2.24, 2.45) is 5.92 Å². The van der Waals surface area contributed by atoms with Crippen LogP contribution < -0.4 is 10.6 Å². The van der Waals surface area contributed by atoms with Crippen molar-refractivity contribution in [3.8, 4) is 0 Å². The fraction of sp³-hybridized carbons (Fsp3) is 0.700. The molecular formula is C30H51N3O4. The minimum Gasteiger partial charge on any atom is -0.444 e. The summed E-state index contributed by atoms with van der Waals surface area (Å²) in [6, 6.07) is 6.16. The van der Waals surface area contributed by atoms with Gasteiger partial charge >= 0.3 is 6.09 Å². The highest BCUT2D eigenvalue weighted by Crippen LogP contribution is 2.25. The molecule has 1 aromatic carbocycles. The van der Waals surface area contributed by atoms with Crippen LogP contribution in [0.2, 0.25) is 0 Å². The summed E-state index contributed by atoms with van der Waals surface area (Å²) in [6.45, 7) is 18.0. The molecule has 7 heteroatoms. The number of unbranched alkanes of at least 4 members (excludes halogenated alkanes) is 2. The lowest BCUT2D eigenvalue weighted by Gasteiger charge is -2.35. The van der Waals surface area contributed by atoms with Crippen molar-refractivity contribution in [3.63, 3.8) is 0 Å². The van der Waals surface area contributed by atoms with Gasteiger partial charge in [-0.25, -0.2) is 4.79 Å². The van der Waals surface area contributed by atoms with E-state index in [1.54, 1.807) is 25.7 Å². The topological polar surface area (TPSA) is 87.7 Å². The van der Waals surface area contributed by atoms with E-state index >= 15 is 0 Å². The van der Waals surface area contributed by atoms with Gasteiger partial charge in [-0.15, -0.1) is 0 Å². The first-order chi connectivity index (χ1) is 17.3. The number of carbonyl (C=O) groups is 3. The summed E-state index contributed by atoms with van der Waals surface area (Å²) in [5.41, 5.74) is 1.16. The Hall–Kier alpha value is -2.57. The van der Waals surface area contributed by atoms with Crippen LogP contribution in [0.5, 0.6) is 0 Å². The van der Waals surface area contributed by atoms with Crippen LogP contribution in [0, 0.1) is 12.8 Å². The molecule has 3 unspecified atom stereocenters. The number of benzene rings is 1.